The zero-order valence-corrected chi connectivity index (χ0v) is 5.39. The lowest BCUT2D eigenvalue weighted by molar-refractivity contribution is 0.386. The maximum Gasteiger partial charge on any atom is 0.438 e. The van der Waals surface area contributed by atoms with Gasteiger partial charge in [-0.25, -0.2) is 9.78 Å². The largest absolute Gasteiger partial charge is 0.438 e. The molecule has 0 atom stereocenters. The lowest BCUT2D eigenvalue weighted by atomic mass is 11.3. The van der Waals surface area contributed by atoms with Crippen LogP contribution in [0.4, 0.5) is 0 Å². The van der Waals surface area contributed by atoms with Gasteiger partial charge in [0.05, 0.1) is 0 Å². The van der Waals surface area contributed by atoms with Gasteiger partial charge in [-0.1, -0.05) is 12.6 Å². The third-order valence-corrected chi connectivity index (χ3v) is 0.702. The minimum Gasteiger partial charge on any atom is -0.296 e. The van der Waals surface area contributed by atoms with Crippen molar-refractivity contribution < 1.29 is 4.52 Å². The van der Waals surface area contributed by atoms with Crippen molar-refractivity contribution in [2.45, 2.75) is 7.43 Å². The van der Waals surface area contributed by atoms with Gasteiger partial charge in [-0.3, -0.25) is 14.6 Å². The molecule has 2 aromatic heterocycles. The van der Waals surface area contributed by atoms with E-state index in [1.54, 1.807) is 0 Å². The molecule has 2 heterocycles. The van der Waals surface area contributed by atoms with Crippen molar-refractivity contribution in [3.05, 3.63) is 29.5 Å². The molecule has 0 unspecified atom stereocenters. The van der Waals surface area contributed by atoms with Crippen molar-refractivity contribution in [1.82, 2.24) is 25.3 Å². The van der Waals surface area contributed by atoms with Crippen molar-refractivity contribution in [2.75, 3.05) is 0 Å². The molecule has 0 fully saturated rings. The molecule has 0 aliphatic carbocycles. The summed E-state index contributed by atoms with van der Waals surface area (Å²) < 4.78 is 3.97. The molecule has 0 aliphatic rings. The fourth-order valence-electron chi connectivity index (χ4n) is 0.346. The quantitative estimate of drug-likeness (QED) is 0.571. The van der Waals surface area contributed by atoms with E-state index in [2.05, 4.69) is 29.8 Å². The molecule has 0 bridgehead atoms. The third kappa shape index (κ3) is 3.99. The van der Waals surface area contributed by atoms with Gasteiger partial charge in [0, 0.05) is 0 Å². The molecular weight excluding hydrogens is 162 g/mol. The van der Waals surface area contributed by atoms with Crippen LogP contribution >= 0.6 is 0 Å². The summed E-state index contributed by atoms with van der Waals surface area (Å²) in [7, 11) is 0. The Bertz CT molecular complexity index is 276. The minimum atomic E-state index is -0.519. The standard InChI is InChI=1S/C2H3N3.C2H2N2O2.CH4/c1-3-2-5-4-1;5-2-3-1-4-6-2;/h1-2H,(H,3,4,5);1H,(H,3,4,5);1H4. The molecule has 0 spiro atoms. The molecule has 66 valence electrons. The number of hydrogen-bond donors (Lipinski definition) is 2. The van der Waals surface area contributed by atoms with Crippen LogP contribution in [0.3, 0.4) is 0 Å². The predicted molar refractivity (Wildman–Crippen MR) is 40.2 cm³/mol. The average Bonchev–Trinajstić information content (AvgIpc) is 2.57. The molecule has 2 rings (SSSR count). The first-order valence-corrected chi connectivity index (χ1v) is 2.67. The van der Waals surface area contributed by atoms with Crippen molar-refractivity contribution in [1.29, 1.82) is 0 Å². The van der Waals surface area contributed by atoms with E-state index in [0.717, 1.165) is 0 Å². The van der Waals surface area contributed by atoms with E-state index in [1.165, 1.54) is 19.0 Å². The highest BCUT2D eigenvalue weighted by Crippen LogP contribution is 1.53. The van der Waals surface area contributed by atoms with E-state index in [4.69, 9.17) is 0 Å². The number of aromatic nitrogens is 5. The van der Waals surface area contributed by atoms with Gasteiger partial charge in [0.25, 0.3) is 0 Å². The van der Waals surface area contributed by atoms with E-state index >= 15 is 0 Å². The second-order valence-corrected chi connectivity index (χ2v) is 1.41. The Hall–Kier alpha value is -1.92. The predicted octanol–water partition coefficient (Wildman–Crippen LogP) is -0.196. The lowest BCUT2D eigenvalue weighted by Gasteiger charge is -1.47. The molecule has 12 heavy (non-hydrogen) atoms. The summed E-state index contributed by atoms with van der Waals surface area (Å²) >= 11 is 0. The Morgan fingerprint density at radius 2 is 2.25 bits per heavy atom. The molecule has 0 saturated heterocycles. The zero-order valence-electron chi connectivity index (χ0n) is 5.39. The van der Waals surface area contributed by atoms with Crippen molar-refractivity contribution in [2.24, 2.45) is 0 Å². The third-order valence-electron chi connectivity index (χ3n) is 0.702. The van der Waals surface area contributed by atoms with Crippen molar-refractivity contribution in [3.8, 4) is 0 Å². The Balaban J connectivity index is 0.000000189. The number of hydrogen-bond acceptors (Lipinski definition) is 5. The molecule has 0 aliphatic heterocycles. The molecular formula is C5H9N5O2. The van der Waals surface area contributed by atoms with E-state index in [9.17, 15) is 4.79 Å². The first kappa shape index (κ1) is 10.1. The van der Waals surface area contributed by atoms with Crippen LogP contribution in [0.2, 0.25) is 0 Å². The van der Waals surface area contributed by atoms with Crippen LogP contribution in [0, 0.1) is 0 Å². The summed E-state index contributed by atoms with van der Waals surface area (Å²) in [6.45, 7) is 0. The van der Waals surface area contributed by atoms with E-state index < -0.39 is 5.76 Å². The number of nitrogens with zero attached hydrogens (tertiary/aromatic N) is 3. The fraction of sp³-hybridized carbons (Fsp3) is 0.200. The summed E-state index contributed by atoms with van der Waals surface area (Å²) in [5.74, 6) is -0.519. The maximum absolute atomic E-state index is 9.78. The monoisotopic (exact) mass is 171 g/mol. The Morgan fingerprint density at radius 1 is 1.42 bits per heavy atom. The van der Waals surface area contributed by atoms with Crippen molar-refractivity contribution in [3.63, 3.8) is 0 Å². The number of aromatic amines is 2. The van der Waals surface area contributed by atoms with Crippen LogP contribution < -0.4 is 5.76 Å². The summed E-state index contributed by atoms with van der Waals surface area (Å²) in [6, 6.07) is 0. The van der Waals surface area contributed by atoms with E-state index in [1.807, 2.05) is 0 Å². The zero-order chi connectivity index (χ0) is 7.94. The summed E-state index contributed by atoms with van der Waals surface area (Å²) in [6.07, 6.45) is 4.14. The highest BCUT2D eigenvalue weighted by molar-refractivity contribution is 4.43. The van der Waals surface area contributed by atoms with Gasteiger partial charge in [0.1, 0.15) is 19.0 Å². The van der Waals surface area contributed by atoms with Gasteiger partial charge in [-0.15, -0.1) is 0 Å². The smallest absolute Gasteiger partial charge is 0.296 e. The topological polar surface area (TPSA) is 100 Å². The number of nitrogens with one attached hydrogen (secondary N) is 2. The van der Waals surface area contributed by atoms with Crippen LogP contribution in [0.25, 0.3) is 0 Å². The average molecular weight is 171 g/mol. The molecule has 7 heteroatoms. The van der Waals surface area contributed by atoms with Gasteiger partial charge >= 0.3 is 5.76 Å². The molecule has 0 aromatic carbocycles. The summed E-state index contributed by atoms with van der Waals surface area (Å²) in [5.41, 5.74) is 0. The fourth-order valence-corrected chi connectivity index (χ4v) is 0.346. The SMILES string of the molecule is C.O=c1[nH]cno1.c1nc[nH]n1. The van der Waals surface area contributed by atoms with Crippen LogP contribution in [0.15, 0.2) is 28.3 Å². The van der Waals surface area contributed by atoms with E-state index in [-0.39, 0.29) is 7.43 Å². The normalized spacial score (nSPS) is 7.67. The van der Waals surface area contributed by atoms with Crippen LogP contribution in [0.5, 0.6) is 0 Å². The van der Waals surface area contributed by atoms with Crippen LogP contribution in [-0.4, -0.2) is 25.3 Å². The number of rotatable bonds is 0. The summed E-state index contributed by atoms with van der Waals surface area (Å²) in [5, 5.41) is 9.06. The first-order chi connectivity index (χ1) is 5.39. The second kappa shape index (κ2) is 5.83. The molecule has 0 radical (unpaired) electrons. The number of H-pyrrole nitrogens is 2. The Morgan fingerprint density at radius 3 is 2.42 bits per heavy atom. The van der Waals surface area contributed by atoms with Gasteiger partial charge in [0.15, 0.2) is 0 Å². The van der Waals surface area contributed by atoms with Crippen LogP contribution in [-0.2, 0) is 0 Å². The van der Waals surface area contributed by atoms with Gasteiger partial charge in [-0.2, -0.15) is 5.10 Å². The molecule has 0 saturated carbocycles. The van der Waals surface area contributed by atoms with Crippen LogP contribution in [0.1, 0.15) is 7.43 Å². The van der Waals surface area contributed by atoms with Gasteiger partial charge in [0.2, 0.25) is 0 Å². The molecule has 2 N–H and O–H groups in total. The lowest BCUT2D eigenvalue weighted by Crippen LogP contribution is -1.92. The van der Waals surface area contributed by atoms with Gasteiger partial charge < -0.3 is 0 Å². The van der Waals surface area contributed by atoms with E-state index in [0.29, 0.717) is 0 Å². The summed E-state index contributed by atoms with van der Waals surface area (Å²) in [4.78, 5) is 15.5. The minimum absolute atomic E-state index is 0. The Kier molecular flexibility index (Phi) is 4.90. The highest BCUT2D eigenvalue weighted by Gasteiger charge is 1.74. The Labute approximate surface area is 67.8 Å². The highest BCUT2D eigenvalue weighted by atomic mass is 16.5. The molecule has 0 amide bonds. The second-order valence-electron chi connectivity index (χ2n) is 1.41. The molecule has 2 aromatic rings. The maximum atomic E-state index is 9.78. The van der Waals surface area contributed by atoms with Gasteiger partial charge in [-0.05, 0) is 0 Å². The molecule has 7 nitrogen and oxygen atoms in total. The van der Waals surface area contributed by atoms with Crippen molar-refractivity contribution >= 4 is 0 Å². The first-order valence-electron chi connectivity index (χ1n) is 2.67.